The van der Waals surface area contributed by atoms with E-state index < -0.39 is 0 Å². The van der Waals surface area contributed by atoms with Gasteiger partial charge in [0.25, 0.3) is 0 Å². The molecule has 0 unspecified atom stereocenters. The molecule has 0 spiro atoms. The number of pyridine rings is 3. The van der Waals surface area contributed by atoms with E-state index in [2.05, 4.69) is 20.3 Å². The van der Waals surface area contributed by atoms with Gasteiger partial charge in [-0.1, -0.05) is 36.4 Å². The van der Waals surface area contributed by atoms with Crippen molar-refractivity contribution in [2.45, 2.75) is 6.42 Å². The van der Waals surface area contributed by atoms with Gasteiger partial charge in [-0.25, -0.2) is 9.97 Å². The van der Waals surface area contributed by atoms with Gasteiger partial charge >= 0.3 is 0 Å². The summed E-state index contributed by atoms with van der Waals surface area (Å²) in [5.74, 6) is 0.358. The number of hydrogen-bond acceptors (Lipinski definition) is 4. The van der Waals surface area contributed by atoms with Gasteiger partial charge in [0.15, 0.2) is 5.65 Å². The van der Waals surface area contributed by atoms with Crippen LogP contribution in [0.2, 0.25) is 0 Å². The Balaban J connectivity index is 1.44. The third-order valence-electron chi connectivity index (χ3n) is 3.99. The molecular formula is C21H16N4O. The maximum absolute atomic E-state index is 12.3. The number of nitrogens with zero attached hydrogens (tertiary/aromatic N) is 3. The van der Waals surface area contributed by atoms with Crippen LogP contribution in [0.3, 0.4) is 0 Å². The Morgan fingerprint density at radius 3 is 2.58 bits per heavy atom. The van der Waals surface area contributed by atoms with Crippen molar-refractivity contribution in [3.63, 3.8) is 0 Å². The SMILES string of the molecule is O=C(Cc1ccc(-c2ccccc2)nc1)Nc1ccc2cccnc2n1. The molecule has 4 rings (SSSR count). The van der Waals surface area contributed by atoms with Crippen molar-refractivity contribution in [1.82, 2.24) is 15.0 Å². The number of carbonyl (C=O) groups excluding carboxylic acids is 1. The van der Waals surface area contributed by atoms with Gasteiger partial charge in [0.1, 0.15) is 5.82 Å². The summed E-state index contributed by atoms with van der Waals surface area (Å²) in [7, 11) is 0. The Morgan fingerprint density at radius 2 is 1.77 bits per heavy atom. The highest BCUT2D eigenvalue weighted by molar-refractivity contribution is 5.92. The van der Waals surface area contributed by atoms with Crippen LogP contribution in [0.1, 0.15) is 5.56 Å². The lowest BCUT2D eigenvalue weighted by Gasteiger charge is -2.06. The van der Waals surface area contributed by atoms with Crippen LogP contribution in [0.4, 0.5) is 5.82 Å². The minimum atomic E-state index is -0.137. The largest absolute Gasteiger partial charge is 0.310 e. The molecule has 0 aliphatic carbocycles. The van der Waals surface area contributed by atoms with Crippen LogP contribution in [0, 0.1) is 0 Å². The number of carbonyl (C=O) groups is 1. The number of amides is 1. The number of benzene rings is 1. The van der Waals surface area contributed by atoms with E-state index in [1.165, 1.54) is 0 Å². The van der Waals surface area contributed by atoms with E-state index in [0.29, 0.717) is 11.5 Å². The van der Waals surface area contributed by atoms with Gasteiger partial charge in [0.2, 0.25) is 5.91 Å². The molecule has 0 fully saturated rings. The number of nitrogens with one attached hydrogen (secondary N) is 1. The molecule has 5 nitrogen and oxygen atoms in total. The molecule has 3 aromatic heterocycles. The molecule has 1 amide bonds. The van der Waals surface area contributed by atoms with E-state index in [4.69, 9.17) is 0 Å². The van der Waals surface area contributed by atoms with Crippen molar-refractivity contribution in [3.8, 4) is 11.3 Å². The number of rotatable bonds is 4. The lowest BCUT2D eigenvalue weighted by molar-refractivity contribution is -0.115. The van der Waals surface area contributed by atoms with Gasteiger partial charge in [0, 0.05) is 23.3 Å². The van der Waals surface area contributed by atoms with Gasteiger partial charge in [-0.2, -0.15) is 0 Å². The summed E-state index contributed by atoms with van der Waals surface area (Å²) in [6.45, 7) is 0. The molecule has 0 aliphatic heterocycles. The van der Waals surface area contributed by atoms with Crippen molar-refractivity contribution in [2.75, 3.05) is 5.32 Å². The second-order valence-electron chi connectivity index (χ2n) is 5.89. The zero-order valence-corrected chi connectivity index (χ0v) is 14.0. The molecule has 1 aromatic carbocycles. The molecule has 0 radical (unpaired) electrons. The minimum Gasteiger partial charge on any atom is -0.310 e. The summed E-state index contributed by atoms with van der Waals surface area (Å²) in [5.41, 5.74) is 3.40. The molecule has 0 bridgehead atoms. The fourth-order valence-corrected chi connectivity index (χ4v) is 2.70. The highest BCUT2D eigenvalue weighted by atomic mass is 16.1. The summed E-state index contributed by atoms with van der Waals surface area (Å²) < 4.78 is 0. The van der Waals surface area contributed by atoms with Gasteiger partial charge < -0.3 is 5.32 Å². The lowest BCUT2D eigenvalue weighted by atomic mass is 10.1. The zero-order chi connectivity index (χ0) is 17.8. The molecule has 126 valence electrons. The van der Waals surface area contributed by atoms with Gasteiger partial charge in [0.05, 0.1) is 12.1 Å². The van der Waals surface area contributed by atoms with Crippen LogP contribution in [0.15, 0.2) is 79.1 Å². The first-order valence-electron chi connectivity index (χ1n) is 8.30. The molecule has 5 heteroatoms. The molecule has 0 aliphatic rings. The second-order valence-corrected chi connectivity index (χ2v) is 5.89. The molecule has 0 saturated heterocycles. The molecule has 0 saturated carbocycles. The van der Waals surface area contributed by atoms with E-state index in [0.717, 1.165) is 22.2 Å². The summed E-state index contributed by atoms with van der Waals surface area (Å²) in [6.07, 6.45) is 3.65. The van der Waals surface area contributed by atoms with E-state index in [9.17, 15) is 4.79 Å². The van der Waals surface area contributed by atoms with Crippen LogP contribution in [-0.2, 0) is 11.2 Å². The van der Waals surface area contributed by atoms with Crippen LogP contribution in [-0.4, -0.2) is 20.9 Å². The first-order valence-corrected chi connectivity index (χ1v) is 8.30. The average Bonchev–Trinajstić information content (AvgIpc) is 2.69. The quantitative estimate of drug-likeness (QED) is 0.612. The molecular weight excluding hydrogens is 324 g/mol. The van der Waals surface area contributed by atoms with Crippen LogP contribution in [0.5, 0.6) is 0 Å². The van der Waals surface area contributed by atoms with E-state index in [1.54, 1.807) is 18.5 Å². The smallest absolute Gasteiger partial charge is 0.230 e. The van der Waals surface area contributed by atoms with Crippen LogP contribution < -0.4 is 5.32 Å². The van der Waals surface area contributed by atoms with Gasteiger partial charge in [-0.15, -0.1) is 0 Å². The first-order chi connectivity index (χ1) is 12.8. The zero-order valence-electron chi connectivity index (χ0n) is 14.0. The van der Waals surface area contributed by atoms with E-state index >= 15 is 0 Å². The van der Waals surface area contributed by atoms with Crippen molar-refractivity contribution in [1.29, 1.82) is 0 Å². The van der Waals surface area contributed by atoms with Crippen molar-refractivity contribution in [3.05, 3.63) is 84.7 Å². The van der Waals surface area contributed by atoms with Crippen molar-refractivity contribution >= 4 is 22.8 Å². The molecule has 4 aromatic rings. The average molecular weight is 340 g/mol. The molecule has 1 N–H and O–H groups in total. The third kappa shape index (κ3) is 3.57. The minimum absolute atomic E-state index is 0.137. The number of hydrogen-bond donors (Lipinski definition) is 1. The summed E-state index contributed by atoms with van der Waals surface area (Å²) in [4.78, 5) is 25.3. The Bertz CT molecular complexity index is 1050. The van der Waals surface area contributed by atoms with Gasteiger partial charge in [-0.3, -0.25) is 9.78 Å². The number of anilines is 1. The second kappa shape index (κ2) is 7.11. The Kier molecular flexibility index (Phi) is 4.35. The summed E-state index contributed by atoms with van der Waals surface area (Å²) in [5, 5.41) is 3.75. The monoisotopic (exact) mass is 340 g/mol. The summed E-state index contributed by atoms with van der Waals surface area (Å²) >= 11 is 0. The molecule has 3 heterocycles. The number of fused-ring (bicyclic) bond motifs is 1. The number of aromatic nitrogens is 3. The predicted octanol–water partition coefficient (Wildman–Crippen LogP) is 3.87. The Labute approximate surface area is 150 Å². The summed E-state index contributed by atoms with van der Waals surface area (Å²) in [6, 6.07) is 21.2. The topological polar surface area (TPSA) is 67.8 Å². The van der Waals surface area contributed by atoms with Crippen molar-refractivity contribution < 1.29 is 4.79 Å². The fraction of sp³-hybridized carbons (Fsp3) is 0.0476. The fourth-order valence-electron chi connectivity index (χ4n) is 2.70. The standard InChI is InChI=1S/C21H16N4O/c26-20(24-19-11-9-17-7-4-12-22-21(17)25-19)13-15-8-10-18(23-14-15)16-5-2-1-3-6-16/h1-12,14H,13H2,(H,22,24,25,26). The maximum atomic E-state index is 12.3. The Morgan fingerprint density at radius 1 is 0.885 bits per heavy atom. The van der Waals surface area contributed by atoms with Crippen LogP contribution >= 0.6 is 0 Å². The predicted molar refractivity (Wildman–Crippen MR) is 102 cm³/mol. The lowest BCUT2D eigenvalue weighted by Crippen LogP contribution is -2.15. The maximum Gasteiger partial charge on any atom is 0.230 e. The van der Waals surface area contributed by atoms with Gasteiger partial charge in [-0.05, 0) is 35.9 Å². The normalized spacial score (nSPS) is 10.6. The highest BCUT2D eigenvalue weighted by Crippen LogP contribution is 2.17. The van der Waals surface area contributed by atoms with E-state index in [-0.39, 0.29) is 12.3 Å². The molecule has 26 heavy (non-hydrogen) atoms. The third-order valence-corrected chi connectivity index (χ3v) is 3.99. The highest BCUT2D eigenvalue weighted by Gasteiger charge is 2.07. The first kappa shape index (κ1) is 15.9. The Hall–Kier alpha value is -3.60. The molecule has 0 atom stereocenters. The van der Waals surface area contributed by atoms with Crippen molar-refractivity contribution in [2.24, 2.45) is 0 Å². The van der Waals surface area contributed by atoms with E-state index in [1.807, 2.05) is 60.7 Å². The van der Waals surface area contributed by atoms with Crippen LogP contribution in [0.25, 0.3) is 22.3 Å².